The molecule has 0 aromatic carbocycles. The van der Waals surface area contributed by atoms with Crippen molar-refractivity contribution in [2.24, 2.45) is 0 Å². The molecule has 0 aliphatic heterocycles. The van der Waals surface area contributed by atoms with Crippen molar-refractivity contribution in [1.82, 2.24) is 0 Å². The van der Waals surface area contributed by atoms with E-state index in [1.165, 1.54) is 0 Å². The van der Waals surface area contributed by atoms with Crippen LogP contribution in [0.15, 0.2) is 0 Å². The van der Waals surface area contributed by atoms with Gasteiger partial charge in [0.15, 0.2) is 0 Å². The molecular weight excluding hydrogens is 1150 g/mol. The van der Waals surface area contributed by atoms with E-state index in [1.54, 1.807) is 0 Å². The standard InChI is InChI=1S/2C11H24N2.2C9H20N2.C7H16N2.C5H12N2.6Co/c1-9(13-11(5,6)7)8-12-10(2,3)4;1-6-9(3)12-8-11(5)13-10(4)7-2;1-7(2)10-6-9(5)11-8(3)4;1-4-6-10-8-9(3)11-7-5-2;1-4-8-6-7(3)9-5-2;1-5(7-3)4-6-2;;;;;;/h9H,8H2,1-7H3;9-11H,6-8H2,1-5H3;7-9H,6H2,1-5H3;9H,4-8H2,1-3H3;7H,4-6H2,1-3H3;5H,4H2,1-3H3;;;;;;/q6*-2;6*+2. The van der Waals surface area contributed by atoms with Gasteiger partial charge in [-0.05, 0) is 0 Å². The van der Waals surface area contributed by atoms with Crippen LogP contribution in [0.5, 0.6) is 0 Å². The van der Waals surface area contributed by atoms with Crippen LogP contribution in [0.1, 0.15) is 192 Å². The Bertz CT molecular complexity index is 879. The molecule has 0 N–H and O–H groups in total. The molecule has 0 aliphatic rings. The van der Waals surface area contributed by atoms with Gasteiger partial charge in [0.1, 0.15) is 0 Å². The van der Waals surface area contributed by atoms with Crippen molar-refractivity contribution < 1.29 is 101 Å². The van der Waals surface area contributed by atoms with Crippen LogP contribution in [0.2, 0.25) is 0 Å². The number of hydrogen-bond acceptors (Lipinski definition) is 0. The third kappa shape index (κ3) is 107. The van der Waals surface area contributed by atoms with E-state index < -0.39 is 0 Å². The fourth-order valence-electron chi connectivity index (χ4n) is 4.95. The van der Waals surface area contributed by atoms with Crippen molar-refractivity contribution in [2.75, 3.05) is 79.5 Å². The van der Waals surface area contributed by atoms with E-state index in [-0.39, 0.29) is 112 Å². The van der Waals surface area contributed by atoms with Gasteiger partial charge in [-0.25, -0.2) is 0 Å². The van der Waals surface area contributed by atoms with E-state index in [2.05, 4.69) is 223 Å². The third-order valence-electron chi connectivity index (χ3n) is 8.54. The molecule has 70 heavy (non-hydrogen) atoms. The van der Waals surface area contributed by atoms with Crippen LogP contribution in [0.25, 0.3) is 63.8 Å². The Labute approximate surface area is 503 Å². The number of likely N-dealkylation sites (N-methyl/N-ethyl adjacent to an activating group) is 4. The van der Waals surface area contributed by atoms with Crippen LogP contribution in [-0.4, -0.2) is 151 Å². The molecular formula is C52H116Co6N12. The minimum absolute atomic E-state index is 0. The maximum atomic E-state index is 4.62. The largest absolute Gasteiger partial charge is 2.00 e. The molecule has 8 unspecified atom stereocenters. The summed E-state index contributed by atoms with van der Waals surface area (Å²) < 4.78 is 0. The van der Waals surface area contributed by atoms with Crippen molar-refractivity contribution in [2.45, 2.75) is 263 Å². The molecule has 8 atom stereocenters. The van der Waals surface area contributed by atoms with Crippen molar-refractivity contribution in [3.05, 3.63) is 63.8 Å². The summed E-state index contributed by atoms with van der Waals surface area (Å²) in [5.41, 5.74) is 0.133. The van der Waals surface area contributed by atoms with Crippen LogP contribution in [0, 0.1) is 0 Å². The molecule has 18 heteroatoms. The van der Waals surface area contributed by atoms with Gasteiger partial charge in [-0.1, -0.05) is 192 Å². The Morgan fingerprint density at radius 2 is 0.814 bits per heavy atom. The maximum Gasteiger partial charge on any atom is 2.00 e. The second-order valence-corrected chi connectivity index (χ2v) is 19.7. The van der Waals surface area contributed by atoms with Gasteiger partial charge in [0.2, 0.25) is 0 Å². The molecule has 0 saturated heterocycles. The van der Waals surface area contributed by atoms with E-state index >= 15 is 0 Å². The fraction of sp³-hybridized carbons (Fsp3) is 1.00. The fourth-order valence-corrected chi connectivity index (χ4v) is 4.95. The zero-order valence-corrected chi connectivity index (χ0v) is 56.3. The molecule has 0 bridgehead atoms. The molecule has 0 heterocycles. The summed E-state index contributed by atoms with van der Waals surface area (Å²) in [7, 11) is 3.62. The first kappa shape index (κ1) is 101. The molecule has 12 nitrogen and oxygen atoms in total. The van der Waals surface area contributed by atoms with E-state index in [9.17, 15) is 0 Å². The first-order valence-corrected chi connectivity index (χ1v) is 25.5. The second kappa shape index (κ2) is 71.6. The normalized spacial score (nSPS) is 13.9. The molecule has 438 valence electrons. The van der Waals surface area contributed by atoms with Gasteiger partial charge in [-0.15, -0.1) is 48.3 Å². The molecule has 0 aromatic heterocycles. The third-order valence-corrected chi connectivity index (χ3v) is 8.54. The molecule has 0 rings (SSSR count). The summed E-state index contributed by atoms with van der Waals surface area (Å²) in [5.74, 6) is 0. The van der Waals surface area contributed by atoms with Gasteiger partial charge in [0, 0.05) is 0 Å². The number of rotatable bonds is 30. The Morgan fingerprint density at radius 3 is 1.17 bits per heavy atom. The van der Waals surface area contributed by atoms with Crippen LogP contribution >= 0.6 is 0 Å². The number of nitrogens with zero attached hydrogens (tertiary/aromatic N) is 12. The summed E-state index contributed by atoms with van der Waals surface area (Å²) in [5, 5.41) is 52.3. The van der Waals surface area contributed by atoms with Crippen LogP contribution < -0.4 is 0 Å². The first-order chi connectivity index (χ1) is 29.6. The SMILES string of the molecule is CC(C)[N-]CC(C)[N-]C(C)C.CC(C[N-]C(C)(C)C)[N-]C(C)(C)C.CCC(C)[N-]CC(C)[N-]C(C)CC.CCC[N-]CC(C)[N-]CCC.CC[N-]CC(C)[N-]CC.C[N-]CC(C)[N-]C.[Co+2].[Co+2].[Co+2].[Co+2].[Co+2].[Co+2]. The van der Waals surface area contributed by atoms with Crippen molar-refractivity contribution in [3.8, 4) is 0 Å². The molecule has 0 amide bonds. The summed E-state index contributed by atoms with van der Waals surface area (Å²) in [6, 6.07) is 4.24. The molecule has 0 aromatic rings. The zero-order valence-electron chi connectivity index (χ0n) is 50.0. The van der Waals surface area contributed by atoms with E-state index in [1.807, 2.05) is 21.0 Å². The van der Waals surface area contributed by atoms with Crippen molar-refractivity contribution in [1.29, 1.82) is 0 Å². The quantitative estimate of drug-likeness (QED) is 0.0625. The van der Waals surface area contributed by atoms with Gasteiger partial charge in [0.25, 0.3) is 0 Å². The maximum absolute atomic E-state index is 4.62. The van der Waals surface area contributed by atoms with E-state index in [4.69, 9.17) is 0 Å². The molecule has 0 fully saturated rings. The summed E-state index contributed by atoms with van der Waals surface area (Å²) in [6.45, 7) is 60.0. The van der Waals surface area contributed by atoms with E-state index in [0.29, 0.717) is 60.4 Å². The van der Waals surface area contributed by atoms with Gasteiger partial charge >= 0.3 is 101 Å². The Morgan fingerprint density at radius 1 is 0.357 bits per heavy atom. The van der Waals surface area contributed by atoms with Gasteiger partial charge in [0.05, 0.1) is 0 Å². The van der Waals surface area contributed by atoms with Gasteiger partial charge < -0.3 is 63.8 Å². The summed E-state index contributed by atoms with van der Waals surface area (Å²) >= 11 is 0. The average Bonchev–Trinajstić information content (AvgIpc) is 3.20. The molecule has 6 radical (unpaired) electrons. The Balaban J connectivity index is -0.0000000572. The second-order valence-electron chi connectivity index (χ2n) is 19.7. The Hall–Kier alpha value is 2.56. The minimum Gasteiger partial charge on any atom is -0.666 e. The monoisotopic (exact) mass is 1260 g/mol. The molecule has 0 aliphatic carbocycles. The zero-order chi connectivity index (χ0) is 51.2. The van der Waals surface area contributed by atoms with E-state index in [0.717, 1.165) is 91.1 Å². The smallest absolute Gasteiger partial charge is 0.666 e. The van der Waals surface area contributed by atoms with Crippen LogP contribution in [-0.2, 0) is 101 Å². The molecule has 0 spiro atoms. The predicted molar refractivity (Wildman–Crippen MR) is 299 cm³/mol. The van der Waals surface area contributed by atoms with Crippen LogP contribution in [0.3, 0.4) is 0 Å². The minimum atomic E-state index is 0. The predicted octanol–water partition coefficient (Wildman–Crippen LogP) is 16.8. The Kier molecular flexibility index (Phi) is 104. The average molecular weight is 1260 g/mol. The number of hydrogen-bond donors (Lipinski definition) is 0. The van der Waals surface area contributed by atoms with Gasteiger partial charge in [-0.3, -0.25) is 0 Å². The molecule has 0 saturated carbocycles. The van der Waals surface area contributed by atoms with Gasteiger partial charge in [-0.2, -0.15) is 103 Å². The summed E-state index contributed by atoms with van der Waals surface area (Å²) in [4.78, 5) is 0. The summed E-state index contributed by atoms with van der Waals surface area (Å²) in [6.07, 6.45) is 4.57. The first-order valence-electron chi connectivity index (χ1n) is 25.5. The van der Waals surface area contributed by atoms with Crippen molar-refractivity contribution >= 4 is 0 Å². The van der Waals surface area contributed by atoms with Crippen molar-refractivity contribution in [3.63, 3.8) is 0 Å². The topological polar surface area (TPSA) is 169 Å². The van der Waals surface area contributed by atoms with Crippen LogP contribution in [0.4, 0.5) is 0 Å².